The van der Waals surface area contributed by atoms with Gasteiger partial charge in [-0.3, -0.25) is 0 Å². The van der Waals surface area contributed by atoms with Gasteiger partial charge >= 0.3 is 0 Å². The largest absolute Gasteiger partial charge is 0.210 e. The standard InChI is InChI=1S/C31H47BrN.I2/c1-5-6-7-8-9-10-11-12-13-14-15-16-17-18-21-33-25(2)31(3,4)29-23-27-22-28(32)20-19-26(27)24-30(29)33;1-2/h19-20,22-24H,5-18,21H2,1-4H3;/q+1;. The minimum atomic E-state index is 0.113. The van der Waals surface area contributed by atoms with E-state index in [-0.39, 0.29) is 5.41 Å². The van der Waals surface area contributed by atoms with Gasteiger partial charge in [0.25, 0.3) is 0 Å². The topological polar surface area (TPSA) is 3.01 Å². The highest BCUT2D eigenvalue weighted by Crippen LogP contribution is 2.42. The van der Waals surface area contributed by atoms with Gasteiger partial charge in [-0.25, -0.2) is 0 Å². The first-order chi connectivity index (χ1) is 16.9. The van der Waals surface area contributed by atoms with E-state index in [0.29, 0.717) is 0 Å². The number of unbranched alkanes of at least 4 members (excludes halogenated alkanes) is 13. The fourth-order valence-corrected chi connectivity index (χ4v) is 5.82. The number of halogens is 3. The lowest BCUT2D eigenvalue weighted by atomic mass is 9.81. The molecule has 0 spiro atoms. The van der Waals surface area contributed by atoms with Crippen LogP contribution in [0, 0.1) is 0 Å². The molecule has 0 saturated carbocycles. The van der Waals surface area contributed by atoms with E-state index < -0.39 is 0 Å². The van der Waals surface area contributed by atoms with Gasteiger partial charge in [-0.05, 0) is 49.2 Å². The molecule has 1 aliphatic heterocycles. The Morgan fingerprint density at radius 2 is 1.23 bits per heavy atom. The molecular weight excluding hydrogens is 720 g/mol. The maximum Gasteiger partial charge on any atom is 0.210 e. The van der Waals surface area contributed by atoms with E-state index in [9.17, 15) is 0 Å². The number of hydrogen-bond acceptors (Lipinski definition) is 0. The molecule has 0 unspecified atom stereocenters. The molecule has 0 aliphatic carbocycles. The third-order valence-corrected chi connectivity index (χ3v) is 8.42. The second kappa shape index (κ2) is 17.0. The van der Waals surface area contributed by atoms with E-state index in [1.54, 1.807) is 0 Å². The van der Waals surface area contributed by atoms with Crippen molar-refractivity contribution in [2.75, 3.05) is 6.54 Å². The summed E-state index contributed by atoms with van der Waals surface area (Å²) in [4.78, 5) is 0. The van der Waals surface area contributed by atoms with Crippen LogP contribution in [0.1, 0.15) is 123 Å². The van der Waals surface area contributed by atoms with Gasteiger partial charge in [0.05, 0.1) is 5.41 Å². The molecule has 0 saturated heterocycles. The van der Waals surface area contributed by atoms with Crippen LogP contribution >= 0.6 is 53.2 Å². The summed E-state index contributed by atoms with van der Waals surface area (Å²) < 4.78 is 3.77. The van der Waals surface area contributed by atoms with Crippen LogP contribution in [0.25, 0.3) is 10.8 Å². The van der Waals surface area contributed by atoms with Crippen molar-refractivity contribution < 1.29 is 4.58 Å². The average Bonchev–Trinajstić information content (AvgIpc) is 3.04. The molecule has 2 aromatic rings. The summed E-state index contributed by atoms with van der Waals surface area (Å²) in [6, 6.07) is 11.5. The molecule has 1 heterocycles. The molecule has 1 aliphatic rings. The number of nitrogens with zero attached hydrogens (tertiary/aromatic N) is 1. The lowest BCUT2D eigenvalue weighted by molar-refractivity contribution is -0.439. The van der Waals surface area contributed by atoms with Crippen molar-refractivity contribution in [3.63, 3.8) is 0 Å². The highest BCUT2D eigenvalue weighted by Gasteiger charge is 2.42. The smallest absolute Gasteiger partial charge is 0.199 e. The van der Waals surface area contributed by atoms with Crippen LogP contribution in [0.5, 0.6) is 0 Å². The average molecular weight is 767 g/mol. The van der Waals surface area contributed by atoms with Crippen molar-refractivity contribution in [1.82, 2.24) is 0 Å². The maximum atomic E-state index is 3.64. The molecular formula is C31H47BrI2N+. The van der Waals surface area contributed by atoms with Crippen molar-refractivity contribution in [3.05, 3.63) is 40.4 Å². The first-order valence-electron chi connectivity index (χ1n) is 13.9. The molecule has 35 heavy (non-hydrogen) atoms. The van der Waals surface area contributed by atoms with Crippen molar-refractivity contribution in [2.45, 2.75) is 123 Å². The molecule has 1 nitrogen and oxygen atoms in total. The Labute approximate surface area is 247 Å². The van der Waals surface area contributed by atoms with Gasteiger partial charge in [0, 0.05) is 66.7 Å². The normalized spacial score (nSPS) is 14.3. The van der Waals surface area contributed by atoms with Gasteiger partial charge in [0.1, 0.15) is 6.54 Å². The van der Waals surface area contributed by atoms with Crippen molar-refractivity contribution in [1.29, 1.82) is 0 Å². The van der Waals surface area contributed by atoms with E-state index in [0.717, 1.165) is 11.0 Å². The van der Waals surface area contributed by atoms with Crippen molar-refractivity contribution >= 4 is 75.3 Å². The number of fused-ring (bicyclic) bond motifs is 2. The predicted octanol–water partition coefficient (Wildman–Crippen LogP) is 12.3. The number of rotatable bonds is 15. The molecule has 196 valence electrons. The van der Waals surface area contributed by atoms with Crippen LogP contribution in [0.4, 0.5) is 5.69 Å². The summed E-state index contributed by atoms with van der Waals surface area (Å²) in [5.74, 6) is 0. The van der Waals surface area contributed by atoms with Gasteiger partial charge in [-0.15, -0.1) is 0 Å². The summed E-state index contributed by atoms with van der Waals surface area (Å²) in [6.07, 6.45) is 19.9. The summed E-state index contributed by atoms with van der Waals surface area (Å²) in [5.41, 5.74) is 4.53. The predicted molar refractivity (Wildman–Crippen MR) is 178 cm³/mol. The Bertz CT molecular complexity index is 935. The number of benzene rings is 2. The molecule has 0 radical (unpaired) electrons. The van der Waals surface area contributed by atoms with E-state index in [2.05, 4.69) is 116 Å². The third-order valence-electron chi connectivity index (χ3n) is 7.93. The molecule has 0 aromatic heterocycles. The van der Waals surface area contributed by atoms with E-state index in [4.69, 9.17) is 0 Å². The maximum absolute atomic E-state index is 3.64. The summed E-state index contributed by atoms with van der Waals surface area (Å²) in [5, 5.41) is 2.68. The fraction of sp³-hybridized carbons (Fsp3) is 0.645. The Kier molecular flexibility index (Phi) is 15.3. The van der Waals surface area contributed by atoms with Crippen molar-refractivity contribution in [3.8, 4) is 0 Å². The van der Waals surface area contributed by atoms with Crippen LogP contribution < -0.4 is 0 Å². The van der Waals surface area contributed by atoms with E-state index in [1.165, 1.54) is 118 Å². The first-order valence-corrected chi connectivity index (χ1v) is 21.0. The quantitative estimate of drug-likeness (QED) is 0.0965. The molecule has 0 bridgehead atoms. The molecule has 4 heteroatoms. The van der Waals surface area contributed by atoms with E-state index >= 15 is 0 Å². The molecule has 0 amide bonds. The molecule has 0 atom stereocenters. The molecule has 0 N–H and O–H groups in total. The van der Waals surface area contributed by atoms with Gasteiger partial charge in [-0.2, -0.15) is 4.58 Å². The Hall–Kier alpha value is 0.310. The Balaban J connectivity index is 0.00000210. The highest BCUT2D eigenvalue weighted by molar-refractivity contribution is 15.0. The van der Waals surface area contributed by atoms with Crippen LogP contribution in [-0.4, -0.2) is 16.8 Å². The van der Waals surface area contributed by atoms with Crippen molar-refractivity contribution in [2.24, 2.45) is 0 Å². The molecule has 0 fully saturated rings. The minimum Gasteiger partial charge on any atom is -0.199 e. The second-order valence-corrected chi connectivity index (χ2v) is 11.7. The highest BCUT2D eigenvalue weighted by atomic mass is 128. The van der Waals surface area contributed by atoms with Crippen LogP contribution in [0.2, 0.25) is 0 Å². The Morgan fingerprint density at radius 1 is 0.714 bits per heavy atom. The van der Waals surface area contributed by atoms with Gasteiger partial charge in [0.15, 0.2) is 5.71 Å². The zero-order valence-corrected chi connectivity index (χ0v) is 28.5. The zero-order valence-electron chi connectivity index (χ0n) is 22.6. The lowest BCUT2D eigenvalue weighted by Crippen LogP contribution is -2.26. The summed E-state index contributed by atoms with van der Waals surface area (Å²) >= 11 is 7.88. The Morgan fingerprint density at radius 3 is 1.77 bits per heavy atom. The van der Waals surface area contributed by atoms with Gasteiger partial charge in [0.2, 0.25) is 5.69 Å². The zero-order chi connectivity index (χ0) is 25.7. The molecule has 3 rings (SSSR count). The molecule has 2 aromatic carbocycles. The second-order valence-electron chi connectivity index (χ2n) is 10.8. The third kappa shape index (κ3) is 9.53. The lowest BCUT2D eigenvalue weighted by Gasteiger charge is -2.15. The van der Waals surface area contributed by atoms with E-state index in [1.807, 2.05) is 0 Å². The first kappa shape index (κ1) is 31.5. The van der Waals surface area contributed by atoms with Crippen LogP contribution in [0.15, 0.2) is 34.8 Å². The fourth-order valence-electron chi connectivity index (χ4n) is 5.45. The summed E-state index contributed by atoms with van der Waals surface area (Å²) in [6.45, 7) is 10.6. The monoisotopic (exact) mass is 766 g/mol. The SMILES string of the molecule is CCCCCCCCCCCCCCCC[N+]1=C(C)C(C)(C)c2cc3cc(Br)ccc3cc21.II. The van der Waals surface area contributed by atoms with Gasteiger partial charge < -0.3 is 0 Å². The van der Waals surface area contributed by atoms with Gasteiger partial charge in [-0.1, -0.05) is 106 Å². The van der Waals surface area contributed by atoms with Crippen LogP contribution in [-0.2, 0) is 5.41 Å². The summed E-state index contributed by atoms with van der Waals surface area (Å²) in [7, 11) is 0. The number of hydrogen-bond donors (Lipinski definition) is 0. The minimum absolute atomic E-state index is 0.113. The van der Waals surface area contributed by atoms with Crippen LogP contribution in [0.3, 0.4) is 0 Å².